The topological polar surface area (TPSA) is 63.3 Å². The van der Waals surface area contributed by atoms with Crippen molar-refractivity contribution < 1.29 is 9.90 Å². The molecule has 0 heterocycles. The summed E-state index contributed by atoms with van der Waals surface area (Å²) in [6.45, 7) is 1.31. The van der Waals surface area contributed by atoms with E-state index in [9.17, 15) is 9.90 Å². The minimum Gasteiger partial charge on any atom is -0.507 e. The van der Waals surface area contributed by atoms with Gasteiger partial charge in [0.1, 0.15) is 5.75 Å². The van der Waals surface area contributed by atoms with Gasteiger partial charge < -0.3 is 10.8 Å². The number of amides is 1. The maximum Gasteiger partial charge on any atom is 0.214 e. The highest BCUT2D eigenvalue weighted by Gasteiger charge is 1.94. The number of carbonyl (C=O) groups is 1. The van der Waals surface area contributed by atoms with Crippen LogP contribution in [0.2, 0.25) is 0 Å². The van der Waals surface area contributed by atoms with Crippen molar-refractivity contribution >= 4 is 16.7 Å². The Bertz CT molecular complexity index is 457. The molecule has 78 valence electrons. The fourth-order valence-corrected chi connectivity index (χ4v) is 1.21. The van der Waals surface area contributed by atoms with Crippen LogP contribution in [0, 0.1) is 0 Å². The van der Waals surface area contributed by atoms with Crippen LogP contribution >= 0.6 is 0 Å². The number of benzene rings is 2. The second-order valence-corrected chi connectivity index (χ2v) is 3.11. The molecule has 0 atom stereocenters. The van der Waals surface area contributed by atoms with E-state index in [1.54, 1.807) is 6.07 Å². The lowest BCUT2D eigenvalue weighted by molar-refractivity contribution is -0.115. The van der Waals surface area contributed by atoms with E-state index in [4.69, 9.17) is 0 Å². The molecule has 0 saturated heterocycles. The van der Waals surface area contributed by atoms with Gasteiger partial charge in [-0.1, -0.05) is 36.4 Å². The van der Waals surface area contributed by atoms with Crippen molar-refractivity contribution in [3.63, 3.8) is 0 Å². The molecule has 3 heteroatoms. The van der Waals surface area contributed by atoms with Crippen LogP contribution in [0.1, 0.15) is 6.92 Å². The highest BCUT2D eigenvalue weighted by atomic mass is 16.3. The number of carbonyl (C=O) groups excluding carboxylic acids is 1. The van der Waals surface area contributed by atoms with Crippen LogP contribution in [0.3, 0.4) is 0 Å². The minimum absolute atomic E-state index is 0.333. The fraction of sp³-hybridized carbons (Fsp3) is 0.0833. The van der Waals surface area contributed by atoms with Gasteiger partial charge in [0, 0.05) is 12.3 Å². The van der Waals surface area contributed by atoms with Crippen LogP contribution in [-0.4, -0.2) is 11.0 Å². The summed E-state index contributed by atoms with van der Waals surface area (Å²) in [5.41, 5.74) is 4.47. The second kappa shape index (κ2) is 5.00. The Kier molecular flexibility index (Phi) is 3.68. The Hall–Kier alpha value is -2.03. The fourth-order valence-electron chi connectivity index (χ4n) is 1.21. The maximum absolute atomic E-state index is 9.37. The molecule has 3 nitrogen and oxygen atoms in total. The van der Waals surface area contributed by atoms with Gasteiger partial charge in [0.25, 0.3) is 0 Å². The predicted molar refractivity (Wildman–Crippen MR) is 60.5 cm³/mol. The number of rotatable bonds is 0. The van der Waals surface area contributed by atoms with Gasteiger partial charge in [0.15, 0.2) is 0 Å². The SMILES string of the molecule is CC(N)=O.Oc1cccc2ccccc12. The summed E-state index contributed by atoms with van der Waals surface area (Å²) in [6.07, 6.45) is 0. The van der Waals surface area contributed by atoms with E-state index in [-0.39, 0.29) is 5.91 Å². The Morgan fingerprint density at radius 2 is 1.67 bits per heavy atom. The van der Waals surface area contributed by atoms with Crippen molar-refractivity contribution in [2.75, 3.05) is 0 Å². The number of hydrogen-bond donors (Lipinski definition) is 2. The van der Waals surface area contributed by atoms with Crippen LogP contribution < -0.4 is 5.73 Å². The van der Waals surface area contributed by atoms with Gasteiger partial charge in [-0.3, -0.25) is 4.79 Å². The summed E-state index contributed by atoms with van der Waals surface area (Å²) in [5.74, 6) is 0.0168. The average molecular weight is 203 g/mol. The first-order chi connectivity index (χ1) is 7.11. The van der Waals surface area contributed by atoms with Crippen molar-refractivity contribution in [2.45, 2.75) is 6.92 Å². The molecule has 0 unspecified atom stereocenters. The lowest BCUT2D eigenvalue weighted by atomic mass is 10.1. The van der Waals surface area contributed by atoms with Gasteiger partial charge >= 0.3 is 0 Å². The van der Waals surface area contributed by atoms with Crippen LogP contribution in [0.5, 0.6) is 5.75 Å². The third kappa shape index (κ3) is 3.31. The number of fused-ring (bicyclic) bond motifs is 1. The molecule has 0 aliphatic carbocycles. The molecule has 2 aromatic rings. The van der Waals surface area contributed by atoms with Crippen molar-refractivity contribution in [1.82, 2.24) is 0 Å². The Morgan fingerprint density at radius 3 is 2.27 bits per heavy atom. The first-order valence-corrected chi connectivity index (χ1v) is 4.54. The van der Waals surface area contributed by atoms with Gasteiger partial charge in [-0.25, -0.2) is 0 Å². The quantitative estimate of drug-likeness (QED) is 0.688. The monoisotopic (exact) mass is 203 g/mol. The van der Waals surface area contributed by atoms with E-state index in [2.05, 4.69) is 5.73 Å². The smallest absolute Gasteiger partial charge is 0.214 e. The summed E-state index contributed by atoms with van der Waals surface area (Å²) in [6, 6.07) is 13.3. The number of phenolic OH excluding ortho intramolecular Hbond substituents is 1. The first-order valence-electron chi connectivity index (χ1n) is 4.54. The van der Waals surface area contributed by atoms with Crippen molar-refractivity contribution in [2.24, 2.45) is 5.73 Å². The van der Waals surface area contributed by atoms with Gasteiger partial charge in [-0.2, -0.15) is 0 Å². The minimum atomic E-state index is -0.333. The third-order valence-corrected chi connectivity index (χ3v) is 1.77. The van der Waals surface area contributed by atoms with E-state index >= 15 is 0 Å². The molecule has 3 N–H and O–H groups in total. The van der Waals surface area contributed by atoms with Gasteiger partial charge in [-0.05, 0) is 11.5 Å². The van der Waals surface area contributed by atoms with Crippen molar-refractivity contribution in [3.05, 3.63) is 42.5 Å². The van der Waals surface area contributed by atoms with Crippen molar-refractivity contribution in [3.8, 4) is 5.75 Å². The zero-order valence-corrected chi connectivity index (χ0v) is 8.47. The number of aromatic hydroxyl groups is 1. The molecule has 0 aliphatic rings. The normalized spacial score (nSPS) is 9.13. The molecular formula is C12H13NO2. The lowest BCUT2D eigenvalue weighted by Gasteiger charge is -1.97. The Morgan fingerprint density at radius 1 is 1.13 bits per heavy atom. The third-order valence-electron chi connectivity index (χ3n) is 1.77. The Balaban J connectivity index is 0.000000245. The molecule has 0 aliphatic heterocycles. The molecular weight excluding hydrogens is 190 g/mol. The van der Waals surface area contributed by atoms with E-state index in [0.29, 0.717) is 5.75 Å². The van der Waals surface area contributed by atoms with Gasteiger partial charge in [0.05, 0.1) is 0 Å². The van der Waals surface area contributed by atoms with Crippen LogP contribution in [0.15, 0.2) is 42.5 Å². The zero-order valence-electron chi connectivity index (χ0n) is 8.47. The predicted octanol–water partition coefficient (Wildman–Crippen LogP) is 2.04. The number of primary amides is 1. The largest absolute Gasteiger partial charge is 0.507 e. The van der Waals surface area contributed by atoms with E-state index < -0.39 is 0 Å². The number of phenols is 1. The average Bonchev–Trinajstić information content (AvgIpc) is 2.18. The molecule has 2 rings (SSSR count). The summed E-state index contributed by atoms with van der Waals surface area (Å²) in [5, 5.41) is 11.4. The van der Waals surface area contributed by atoms with Crippen LogP contribution in [-0.2, 0) is 4.79 Å². The number of nitrogens with two attached hydrogens (primary N) is 1. The van der Waals surface area contributed by atoms with E-state index in [0.717, 1.165) is 10.8 Å². The van der Waals surface area contributed by atoms with Crippen molar-refractivity contribution in [1.29, 1.82) is 0 Å². The Labute approximate surface area is 88.1 Å². The highest BCUT2D eigenvalue weighted by molar-refractivity contribution is 5.87. The highest BCUT2D eigenvalue weighted by Crippen LogP contribution is 2.22. The standard InChI is InChI=1S/C10H8O.C2H5NO/c11-10-7-3-5-8-4-1-2-6-9(8)10;1-2(3)4/h1-7,11H;1H3,(H2,3,4). The first kappa shape index (κ1) is 11.0. The summed E-state index contributed by atoms with van der Waals surface area (Å²) < 4.78 is 0. The second-order valence-electron chi connectivity index (χ2n) is 3.11. The lowest BCUT2D eigenvalue weighted by Crippen LogP contribution is -2.01. The number of hydrogen-bond acceptors (Lipinski definition) is 2. The molecule has 2 aromatic carbocycles. The molecule has 0 bridgehead atoms. The summed E-state index contributed by atoms with van der Waals surface area (Å²) in [7, 11) is 0. The van der Waals surface area contributed by atoms with Gasteiger partial charge in [-0.15, -0.1) is 0 Å². The maximum atomic E-state index is 9.37. The van der Waals surface area contributed by atoms with E-state index in [1.807, 2.05) is 36.4 Å². The summed E-state index contributed by atoms with van der Waals surface area (Å²) in [4.78, 5) is 9.22. The van der Waals surface area contributed by atoms with Crippen LogP contribution in [0.4, 0.5) is 0 Å². The molecule has 0 saturated carbocycles. The van der Waals surface area contributed by atoms with Crippen LogP contribution in [0.25, 0.3) is 10.8 Å². The summed E-state index contributed by atoms with van der Waals surface area (Å²) >= 11 is 0. The zero-order chi connectivity index (χ0) is 11.3. The molecule has 0 aromatic heterocycles. The molecule has 0 spiro atoms. The van der Waals surface area contributed by atoms with Gasteiger partial charge in [0.2, 0.25) is 5.91 Å². The molecule has 1 amide bonds. The molecule has 15 heavy (non-hydrogen) atoms. The van der Waals surface area contributed by atoms with E-state index in [1.165, 1.54) is 6.92 Å². The molecule has 0 fully saturated rings. The molecule has 0 radical (unpaired) electrons.